The van der Waals surface area contributed by atoms with Crippen molar-refractivity contribution in [3.63, 3.8) is 0 Å². The van der Waals surface area contributed by atoms with E-state index < -0.39 is 5.97 Å². The van der Waals surface area contributed by atoms with E-state index in [1.807, 2.05) is 0 Å². The molecule has 2 heterocycles. The Morgan fingerprint density at radius 3 is 2.71 bits per heavy atom. The van der Waals surface area contributed by atoms with Crippen molar-refractivity contribution in [3.05, 3.63) is 11.3 Å². The summed E-state index contributed by atoms with van der Waals surface area (Å²) >= 11 is 4.92. The number of nitrogens with zero attached hydrogens (tertiary/aromatic N) is 2. The molecule has 0 aromatic rings. The van der Waals surface area contributed by atoms with Crippen molar-refractivity contribution in [2.45, 2.75) is 43.5 Å². The van der Waals surface area contributed by atoms with Gasteiger partial charge in [-0.3, -0.25) is 14.7 Å². The molecule has 21 heavy (non-hydrogen) atoms. The van der Waals surface area contributed by atoms with E-state index in [4.69, 9.17) is 0 Å². The van der Waals surface area contributed by atoms with Crippen LogP contribution in [0.1, 0.15) is 32.1 Å². The maximum absolute atomic E-state index is 12.3. The zero-order chi connectivity index (χ0) is 15.0. The lowest BCUT2D eigenvalue weighted by Gasteiger charge is -2.48. The summed E-state index contributed by atoms with van der Waals surface area (Å²) in [5.41, 5.74) is 2.05. The first-order chi connectivity index (χ1) is 10.1. The molecule has 0 bridgehead atoms. The van der Waals surface area contributed by atoms with Crippen LogP contribution in [0, 0.1) is 0 Å². The van der Waals surface area contributed by atoms with Gasteiger partial charge in [-0.25, -0.2) is 4.79 Å². The Bertz CT molecular complexity index is 538. The van der Waals surface area contributed by atoms with E-state index in [2.05, 4.69) is 20.9 Å². The smallest absolute Gasteiger partial charge is 0.352 e. The monoisotopic (exact) mass is 372 g/mol. The van der Waals surface area contributed by atoms with E-state index in [0.29, 0.717) is 11.1 Å². The molecule has 0 aromatic carbocycles. The summed E-state index contributed by atoms with van der Waals surface area (Å²) in [6.07, 6.45) is 5.50. The van der Waals surface area contributed by atoms with Crippen LogP contribution in [0.15, 0.2) is 16.3 Å². The molecule has 1 amide bonds. The fourth-order valence-electron chi connectivity index (χ4n) is 3.04. The molecule has 0 unspecified atom stereocenters. The molecule has 0 spiro atoms. The molecule has 3 aliphatic rings. The van der Waals surface area contributed by atoms with Crippen LogP contribution in [0.5, 0.6) is 0 Å². The van der Waals surface area contributed by atoms with Gasteiger partial charge in [-0.2, -0.15) is 0 Å². The van der Waals surface area contributed by atoms with Crippen LogP contribution in [0.25, 0.3) is 0 Å². The van der Waals surface area contributed by atoms with Gasteiger partial charge in [0, 0.05) is 16.8 Å². The van der Waals surface area contributed by atoms with Gasteiger partial charge < -0.3 is 5.11 Å². The molecular weight excluding hydrogens is 356 g/mol. The number of carbonyl (C=O) groups is 2. The molecule has 0 aromatic heterocycles. The first-order valence-corrected chi connectivity index (χ1v) is 9.32. The van der Waals surface area contributed by atoms with E-state index in [1.54, 1.807) is 11.8 Å². The van der Waals surface area contributed by atoms with Gasteiger partial charge in [0.25, 0.3) is 5.91 Å². The van der Waals surface area contributed by atoms with Gasteiger partial charge in [-0.05, 0) is 31.3 Å². The van der Waals surface area contributed by atoms with Crippen LogP contribution in [0.4, 0.5) is 0 Å². The summed E-state index contributed by atoms with van der Waals surface area (Å²) in [4.78, 5) is 29.8. The number of hydrogen-bond acceptors (Lipinski definition) is 4. The Balaban J connectivity index is 1.81. The summed E-state index contributed by atoms with van der Waals surface area (Å²) in [5, 5.41) is 9.71. The zero-order valence-electron chi connectivity index (χ0n) is 11.5. The predicted molar refractivity (Wildman–Crippen MR) is 85.9 cm³/mol. The van der Waals surface area contributed by atoms with Gasteiger partial charge in [-0.1, -0.05) is 22.4 Å². The van der Waals surface area contributed by atoms with Crippen molar-refractivity contribution in [3.8, 4) is 0 Å². The third kappa shape index (κ3) is 2.65. The second-order valence-electron chi connectivity index (χ2n) is 5.50. The second kappa shape index (κ2) is 6.12. The first-order valence-electron chi connectivity index (χ1n) is 7.15. The first kappa shape index (κ1) is 15.1. The summed E-state index contributed by atoms with van der Waals surface area (Å²) in [7, 11) is 0. The third-order valence-corrected chi connectivity index (χ3v) is 6.14. The van der Waals surface area contributed by atoms with Gasteiger partial charge in [0.15, 0.2) is 6.04 Å². The average molecular weight is 373 g/mol. The Hall–Kier alpha value is -0.820. The minimum atomic E-state index is -1.02. The van der Waals surface area contributed by atoms with Crippen LogP contribution in [-0.4, -0.2) is 50.1 Å². The van der Waals surface area contributed by atoms with Crippen LogP contribution >= 0.6 is 27.7 Å². The maximum atomic E-state index is 12.3. The molecular formula is C14H17BrN2O3S. The van der Waals surface area contributed by atoms with Gasteiger partial charge in [0.2, 0.25) is 0 Å². The molecule has 2 atom stereocenters. The Kier molecular flexibility index (Phi) is 4.40. The fourth-order valence-corrected chi connectivity index (χ4v) is 5.09. The number of aliphatic imine (C=N–C) groups is 1. The van der Waals surface area contributed by atoms with Crippen molar-refractivity contribution in [2.75, 3.05) is 11.1 Å². The molecule has 3 rings (SSSR count). The number of carboxylic acid groups (broad SMARTS) is 1. The minimum absolute atomic E-state index is 0.138. The molecule has 1 aliphatic carbocycles. The molecule has 1 saturated carbocycles. The van der Waals surface area contributed by atoms with Crippen molar-refractivity contribution in [1.29, 1.82) is 0 Å². The van der Waals surface area contributed by atoms with Crippen LogP contribution in [-0.2, 0) is 9.59 Å². The number of carbonyl (C=O) groups excluding carboxylic acids is 1. The van der Waals surface area contributed by atoms with E-state index >= 15 is 0 Å². The minimum Gasteiger partial charge on any atom is -0.477 e. The largest absolute Gasteiger partial charge is 0.477 e. The summed E-state index contributed by atoms with van der Waals surface area (Å²) < 4.78 is 0. The third-order valence-electron chi connectivity index (χ3n) is 4.14. The highest BCUT2D eigenvalue weighted by molar-refractivity contribution is 9.09. The van der Waals surface area contributed by atoms with E-state index in [1.165, 1.54) is 11.3 Å². The Morgan fingerprint density at radius 1 is 1.38 bits per heavy atom. The van der Waals surface area contributed by atoms with Crippen molar-refractivity contribution in [2.24, 2.45) is 4.99 Å². The van der Waals surface area contributed by atoms with Crippen LogP contribution in [0.2, 0.25) is 0 Å². The number of β-lactam (4-membered cyclic amide) rings is 1. The number of amides is 1. The van der Waals surface area contributed by atoms with E-state index in [9.17, 15) is 14.7 Å². The number of thioether (sulfide) groups is 1. The maximum Gasteiger partial charge on any atom is 0.352 e. The summed E-state index contributed by atoms with van der Waals surface area (Å²) in [5.74, 6) is -0.545. The second-order valence-corrected chi connectivity index (χ2v) is 7.17. The normalized spacial score (nSPS) is 29.1. The van der Waals surface area contributed by atoms with Gasteiger partial charge in [0.05, 0.1) is 0 Å². The lowest BCUT2D eigenvalue weighted by Crippen LogP contribution is -2.64. The number of hydrogen-bond donors (Lipinski definition) is 1. The number of aliphatic carboxylic acids is 1. The molecule has 2 aliphatic heterocycles. The Labute approximate surface area is 136 Å². The summed E-state index contributed by atoms with van der Waals surface area (Å²) in [6, 6.07) is -0.380. The Morgan fingerprint density at radius 2 is 2.10 bits per heavy atom. The topological polar surface area (TPSA) is 70.0 Å². The molecule has 5 nitrogen and oxygen atoms in total. The van der Waals surface area contributed by atoms with E-state index in [-0.39, 0.29) is 23.0 Å². The average Bonchev–Trinajstić information content (AvgIpc) is 2.51. The lowest BCUT2D eigenvalue weighted by molar-refractivity contribution is -0.147. The number of carboxylic acids is 1. The van der Waals surface area contributed by atoms with Crippen molar-refractivity contribution < 1.29 is 14.7 Å². The van der Waals surface area contributed by atoms with Crippen molar-refractivity contribution >= 4 is 45.3 Å². The van der Waals surface area contributed by atoms with Gasteiger partial charge in [-0.15, -0.1) is 11.8 Å². The molecule has 114 valence electrons. The molecule has 7 heteroatoms. The lowest BCUT2D eigenvalue weighted by atomic mass is 9.97. The van der Waals surface area contributed by atoms with Gasteiger partial charge in [0.1, 0.15) is 11.1 Å². The number of halogens is 1. The predicted octanol–water partition coefficient (Wildman–Crippen LogP) is 2.41. The van der Waals surface area contributed by atoms with E-state index in [0.717, 1.165) is 37.0 Å². The van der Waals surface area contributed by atoms with Crippen molar-refractivity contribution in [1.82, 2.24) is 4.90 Å². The highest BCUT2D eigenvalue weighted by atomic mass is 79.9. The highest BCUT2D eigenvalue weighted by Crippen LogP contribution is 2.42. The quantitative estimate of drug-likeness (QED) is 0.609. The number of alkyl halides is 1. The number of fused-ring (bicyclic) bond motifs is 1. The van der Waals surface area contributed by atoms with Gasteiger partial charge >= 0.3 is 5.97 Å². The zero-order valence-corrected chi connectivity index (χ0v) is 14.0. The molecule has 1 N–H and O–H groups in total. The summed E-state index contributed by atoms with van der Waals surface area (Å²) in [6.45, 7) is 0. The van der Waals surface area contributed by atoms with Crippen LogP contribution < -0.4 is 0 Å². The molecule has 1 saturated heterocycles. The fraction of sp³-hybridized carbons (Fsp3) is 0.643. The standard InChI is InChI=1S/C14H17BrN2O3S/c15-6-8-7-21-13-10(16-9-4-2-1-3-5-9)12(18)17(13)11(8)14(19)20/h10,13H,1-7H2,(H,19,20)/t10-,13+/m1/s1. The SMILES string of the molecule is O=C(O)C1=C(CBr)CS[C@H]2[C@H](N=C3CCCCC3)C(=O)N12. The highest BCUT2D eigenvalue weighted by Gasteiger charge is 2.53. The molecule has 0 radical (unpaired) electrons. The molecule has 2 fully saturated rings. The number of rotatable bonds is 3. The van der Waals surface area contributed by atoms with Crippen LogP contribution in [0.3, 0.4) is 0 Å².